The summed E-state index contributed by atoms with van der Waals surface area (Å²) >= 11 is 0. The minimum absolute atomic E-state index is 0.0137. The summed E-state index contributed by atoms with van der Waals surface area (Å²) in [6.07, 6.45) is 1.62. The number of esters is 1. The monoisotopic (exact) mass is 295 g/mol. The Morgan fingerprint density at radius 2 is 1.86 bits per heavy atom. The number of rotatable bonds is 3. The Morgan fingerprint density at radius 1 is 1.14 bits per heavy atom. The Morgan fingerprint density at radius 3 is 2.55 bits per heavy atom. The Kier molecular flexibility index (Phi) is 3.62. The van der Waals surface area contributed by atoms with Crippen molar-refractivity contribution in [3.05, 3.63) is 65.4 Å². The zero-order chi connectivity index (χ0) is 15.5. The van der Waals surface area contributed by atoms with Gasteiger partial charge >= 0.3 is 5.97 Å². The Bertz CT molecular complexity index is 776. The van der Waals surface area contributed by atoms with E-state index in [0.717, 1.165) is 11.3 Å². The highest BCUT2D eigenvalue weighted by molar-refractivity contribution is 6.13. The van der Waals surface area contributed by atoms with Crippen LogP contribution in [0.25, 0.3) is 6.08 Å². The number of carbonyl (C=O) groups excluding carboxylic acids is 1. The first-order chi connectivity index (χ1) is 10.7. The van der Waals surface area contributed by atoms with Crippen molar-refractivity contribution < 1.29 is 19.4 Å². The number of hydrogen-bond acceptors (Lipinski definition) is 5. The lowest BCUT2D eigenvalue weighted by molar-refractivity contribution is -0.129. The van der Waals surface area contributed by atoms with Crippen molar-refractivity contribution in [3.63, 3.8) is 0 Å². The maximum atomic E-state index is 11.9. The molecule has 0 bridgehead atoms. The summed E-state index contributed by atoms with van der Waals surface area (Å²) in [7, 11) is 1.59. The maximum absolute atomic E-state index is 11.9. The van der Waals surface area contributed by atoms with Gasteiger partial charge in [-0.15, -0.1) is 0 Å². The maximum Gasteiger partial charge on any atom is 0.363 e. The Labute approximate surface area is 127 Å². The molecule has 0 aliphatic carbocycles. The van der Waals surface area contributed by atoms with Gasteiger partial charge in [-0.2, -0.15) is 0 Å². The van der Waals surface area contributed by atoms with E-state index in [4.69, 9.17) is 9.47 Å². The summed E-state index contributed by atoms with van der Waals surface area (Å²) < 4.78 is 10.2. The molecule has 0 amide bonds. The van der Waals surface area contributed by atoms with Gasteiger partial charge < -0.3 is 14.6 Å². The summed E-state index contributed by atoms with van der Waals surface area (Å²) in [5.74, 6) is 0.297. The van der Waals surface area contributed by atoms with Gasteiger partial charge in [-0.25, -0.2) is 9.79 Å². The van der Waals surface area contributed by atoms with Crippen LogP contribution in [0.3, 0.4) is 0 Å². The van der Waals surface area contributed by atoms with E-state index in [1.165, 1.54) is 6.07 Å². The lowest BCUT2D eigenvalue weighted by Crippen LogP contribution is -2.05. The molecule has 5 heteroatoms. The van der Waals surface area contributed by atoms with Crippen LogP contribution in [0.5, 0.6) is 11.5 Å². The predicted molar refractivity (Wildman–Crippen MR) is 81.7 cm³/mol. The van der Waals surface area contributed by atoms with Crippen molar-refractivity contribution in [2.45, 2.75) is 0 Å². The van der Waals surface area contributed by atoms with Gasteiger partial charge in [-0.1, -0.05) is 24.3 Å². The van der Waals surface area contributed by atoms with Gasteiger partial charge in [-0.05, 0) is 35.9 Å². The fraction of sp³-hybridized carbons (Fsp3) is 0.0588. The largest absolute Gasteiger partial charge is 0.507 e. The normalized spacial score (nSPS) is 15.6. The second kappa shape index (κ2) is 5.73. The number of phenols is 1. The van der Waals surface area contributed by atoms with Gasteiger partial charge in [0.25, 0.3) is 0 Å². The molecule has 0 atom stereocenters. The average molecular weight is 295 g/mol. The van der Waals surface area contributed by atoms with Crippen LogP contribution < -0.4 is 4.74 Å². The van der Waals surface area contributed by atoms with Crippen molar-refractivity contribution in [2.24, 2.45) is 4.99 Å². The highest BCUT2D eigenvalue weighted by atomic mass is 16.6. The molecule has 0 aromatic heterocycles. The molecular weight excluding hydrogens is 282 g/mol. The second-order valence-electron chi connectivity index (χ2n) is 4.63. The van der Waals surface area contributed by atoms with Crippen LogP contribution in [0.15, 0.2) is 59.2 Å². The van der Waals surface area contributed by atoms with E-state index in [1.807, 2.05) is 12.1 Å². The highest BCUT2D eigenvalue weighted by Crippen LogP contribution is 2.24. The molecule has 0 fully saturated rings. The number of ether oxygens (including phenoxy) is 2. The molecule has 0 radical (unpaired) electrons. The summed E-state index contributed by atoms with van der Waals surface area (Å²) in [5, 5.41) is 9.79. The summed E-state index contributed by atoms with van der Waals surface area (Å²) in [4.78, 5) is 16.0. The molecule has 0 saturated heterocycles. The fourth-order valence-electron chi connectivity index (χ4n) is 2.04. The third-order valence-corrected chi connectivity index (χ3v) is 3.17. The highest BCUT2D eigenvalue weighted by Gasteiger charge is 2.25. The first kappa shape index (κ1) is 13.9. The third-order valence-electron chi connectivity index (χ3n) is 3.17. The predicted octanol–water partition coefficient (Wildman–Crippen LogP) is 2.75. The van der Waals surface area contributed by atoms with E-state index in [1.54, 1.807) is 43.5 Å². The zero-order valence-electron chi connectivity index (χ0n) is 11.8. The summed E-state index contributed by atoms with van der Waals surface area (Å²) in [6, 6.07) is 13.8. The minimum atomic E-state index is -0.547. The molecule has 1 heterocycles. The smallest absolute Gasteiger partial charge is 0.363 e. The van der Waals surface area contributed by atoms with Crippen LogP contribution in [-0.4, -0.2) is 24.1 Å². The van der Waals surface area contributed by atoms with Crippen LogP contribution >= 0.6 is 0 Å². The molecule has 0 saturated carbocycles. The van der Waals surface area contributed by atoms with Crippen molar-refractivity contribution >= 4 is 17.9 Å². The van der Waals surface area contributed by atoms with E-state index < -0.39 is 5.97 Å². The number of phenolic OH excluding ortho intramolecular Hbond substituents is 1. The number of methoxy groups -OCH3 is 1. The standard InChI is InChI=1S/C17H13NO4/c1-21-12-8-6-11(7-9-12)10-14-17(20)22-16(18-14)13-4-2-3-5-15(13)19/h2-10,19H,1H3/b14-10+. The number of carbonyl (C=O) groups is 1. The number of nitrogens with zero attached hydrogens (tertiary/aromatic N) is 1. The lowest BCUT2D eigenvalue weighted by atomic mass is 10.2. The van der Waals surface area contributed by atoms with Crippen LogP contribution in [0.1, 0.15) is 11.1 Å². The van der Waals surface area contributed by atoms with Gasteiger partial charge in [0.1, 0.15) is 11.5 Å². The Balaban J connectivity index is 1.92. The van der Waals surface area contributed by atoms with Gasteiger partial charge in [0.05, 0.1) is 12.7 Å². The number of aliphatic imine (C=N–C) groups is 1. The van der Waals surface area contributed by atoms with Crippen LogP contribution in [0.4, 0.5) is 0 Å². The van der Waals surface area contributed by atoms with E-state index in [2.05, 4.69) is 4.99 Å². The first-order valence-electron chi connectivity index (χ1n) is 6.62. The van der Waals surface area contributed by atoms with Crippen molar-refractivity contribution in [2.75, 3.05) is 7.11 Å². The van der Waals surface area contributed by atoms with Gasteiger partial charge in [0.2, 0.25) is 5.90 Å². The third kappa shape index (κ3) is 2.69. The number of aromatic hydroxyl groups is 1. The Hall–Kier alpha value is -3.08. The number of benzene rings is 2. The SMILES string of the molecule is COc1ccc(/C=C2/N=C(c3ccccc3O)OC2=O)cc1. The number of cyclic esters (lactones) is 1. The van der Waals surface area contributed by atoms with Gasteiger partial charge in [0.15, 0.2) is 5.70 Å². The van der Waals surface area contributed by atoms with Crippen molar-refractivity contribution in [1.82, 2.24) is 0 Å². The second-order valence-corrected chi connectivity index (χ2v) is 4.63. The molecule has 0 spiro atoms. The van der Waals surface area contributed by atoms with Gasteiger partial charge in [0, 0.05) is 0 Å². The topological polar surface area (TPSA) is 68.1 Å². The molecule has 2 aromatic rings. The van der Waals surface area contributed by atoms with Crippen LogP contribution in [0.2, 0.25) is 0 Å². The van der Waals surface area contributed by atoms with E-state index in [9.17, 15) is 9.90 Å². The average Bonchev–Trinajstić information content (AvgIpc) is 2.89. The molecule has 1 aliphatic heterocycles. The van der Waals surface area contributed by atoms with Crippen LogP contribution in [0, 0.1) is 0 Å². The molecule has 5 nitrogen and oxygen atoms in total. The fourth-order valence-corrected chi connectivity index (χ4v) is 2.04. The molecule has 0 unspecified atom stereocenters. The van der Waals surface area contributed by atoms with Crippen molar-refractivity contribution in [3.8, 4) is 11.5 Å². The molecule has 2 aromatic carbocycles. The molecule has 1 aliphatic rings. The van der Waals surface area contributed by atoms with Gasteiger partial charge in [-0.3, -0.25) is 0 Å². The number of hydrogen-bond donors (Lipinski definition) is 1. The van der Waals surface area contributed by atoms with Crippen molar-refractivity contribution in [1.29, 1.82) is 0 Å². The van der Waals surface area contributed by atoms with E-state index in [-0.39, 0.29) is 17.3 Å². The molecule has 110 valence electrons. The van der Waals surface area contributed by atoms with E-state index >= 15 is 0 Å². The van der Waals surface area contributed by atoms with Crippen LogP contribution in [-0.2, 0) is 9.53 Å². The molecule has 1 N–H and O–H groups in total. The zero-order valence-corrected chi connectivity index (χ0v) is 11.8. The molecular formula is C17H13NO4. The lowest BCUT2D eigenvalue weighted by Gasteiger charge is -2.01. The molecule has 22 heavy (non-hydrogen) atoms. The van der Waals surface area contributed by atoms with E-state index in [0.29, 0.717) is 5.56 Å². The number of para-hydroxylation sites is 1. The quantitative estimate of drug-likeness (QED) is 0.698. The minimum Gasteiger partial charge on any atom is -0.507 e. The summed E-state index contributed by atoms with van der Waals surface area (Å²) in [6.45, 7) is 0. The molecule has 3 rings (SSSR count). The summed E-state index contributed by atoms with van der Waals surface area (Å²) in [5.41, 5.74) is 1.37. The first-order valence-corrected chi connectivity index (χ1v) is 6.62.